The van der Waals surface area contributed by atoms with Crippen LogP contribution < -0.4 is 0 Å². The molecule has 0 N–H and O–H groups in total. The molecule has 0 saturated heterocycles. The van der Waals surface area contributed by atoms with E-state index in [1.165, 1.54) is 17.3 Å². The van der Waals surface area contributed by atoms with Gasteiger partial charge in [0.25, 0.3) is 5.95 Å². The Hall–Kier alpha value is -2.64. The van der Waals surface area contributed by atoms with Crippen molar-refractivity contribution >= 4 is 17.3 Å². The van der Waals surface area contributed by atoms with Gasteiger partial charge in [-0.25, -0.2) is 15.0 Å². The maximum atomic E-state index is 11.3. The Morgan fingerprint density at radius 3 is 2.87 bits per heavy atom. The lowest BCUT2D eigenvalue weighted by Crippen LogP contribution is -2.16. The number of imidazole rings is 1. The van der Waals surface area contributed by atoms with Crippen molar-refractivity contribution in [3.8, 4) is 5.82 Å². The molecule has 3 rings (SSSR count). The lowest BCUT2D eigenvalue weighted by atomic mass is 9.89. The van der Waals surface area contributed by atoms with Gasteiger partial charge in [0.2, 0.25) is 5.82 Å². The molecule has 2 aromatic rings. The molecule has 120 valence electrons. The van der Waals surface area contributed by atoms with E-state index in [9.17, 15) is 10.1 Å². The molecule has 1 saturated carbocycles. The van der Waals surface area contributed by atoms with E-state index in [4.69, 9.17) is 0 Å². The molecular weight excluding hydrogens is 296 g/mol. The average molecular weight is 314 g/mol. The summed E-state index contributed by atoms with van der Waals surface area (Å²) in [5.41, 5.74) is 1.25. The van der Waals surface area contributed by atoms with Crippen LogP contribution in [-0.2, 0) is 0 Å². The van der Waals surface area contributed by atoms with Gasteiger partial charge in [0, 0.05) is 18.1 Å². The summed E-state index contributed by atoms with van der Waals surface area (Å²) >= 11 is 0. The highest BCUT2D eigenvalue weighted by atomic mass is 16.6. The van der Waals surface area contributed by atoms with Crippen molar-refractivity contribution in [2.75, 3.05) is 0 Å². The summed E-state index contributed by atoms with van der Waals surface area (Å²) < 4.78 is 1.51. The Morgan fingerprint density at radius 1 is 1.39 bits per heavy atom. The zero-order valence-corrected chi connectivity index (χ0v) is 13.1. The van der Waals surface area contributed by atoms with Gasteiger partial charge < -0.3 is 0 Å². The highest BCUT2D eigenvalue weighted by molar-refractivity contribution is 5.88. The second kappa shape index (κ2) is 6.23. The molecule has 1 atom stereocenters. The largest absolute Gasteiger partial charge is 0.333 e. The van der Waals surface area contributed by atoms with Gasteiger partial charge in [-0.15, -0.1) is 0 Å². The number of nitro groups is 1. The molecule has 1 aliphatic carbocycles. The van der Waals surface area contributed by atoms with E-state index >= 15 is 0 Å². The van der Waals surface area contributed by atoms with Crippen LogP contribution in [0.4, 0.5) is 11.6 Å². The van der Waals surface area contributed by atoms with E-state index in [0.29, 0.717) is 11.6 Å². The third kappa shape index (κ3) is 3.10. The molecule has 0 amide bonds. The Balaban J connectivity index is 2.10. The van der Waals surface area contributed by atoms with Crippen molar-refractivity contribution in [3.63, 3.8) is 0 Å². The molecule has 8 nitrogen and oxygen atoms in total. The van der Waals surface area contributed by atoms with Gasteiger partial charge in [-0.1, -0.05) is 13.3 Å². The number of rotatable bonds is 3. The van der Waals surface area contributed by atoms with Crippen molar-refractivity contribution in [3.05, 3.63) is 34.5 Å². The van der Waals surface area contributed by atoms with E-state index in [2.05, 4.69) is 26.9 Å². The molecule has 1 aliphatic rings. The first-order valence-electron chi connectivity index (χ1n) is 7.65. The molecule has 1 fully saturated rings. The van der Waals surface area contributed by atoms with Crippen LogP contribution in [0.5, 0.6) is 0 Å². The van der Waals surface area contributed by atoms with E-state index in [1.807, 2.05) is 0 Å². The molecule has 1 unspecified atom stereocenters. The maximum Gasteiger partial charge on any atom is 0.333 e. The van der Waals surface area contributed by atoms with Crippen LogP contribution >= 0.6 is 0 Å². The smallest absolute Gasteiger partial charge is 0.285 e. The fourth-order valence-electron chi connectivity index (χ4n) is 2.83. The summed E-state index contributed by atoms with van der Waals surface area (Å²) in [4.78, 5) is 27.9. The normalized spacial score (nSPS) is 19.9. The Bertz CT molecular complexity index is 754. The van der Waals surface area contributed by atoms with Crippen molar-refractivity contribution in [2.45, 2.75) is 39.5 Å². The van der Waals surface area contributed by atoms with Gasteiger partial charge in [0.1, 0.15) is 12.0 Å². The summed E-state index contributed by atoms with van der Waals surface area (Å²) in [5, 5.41) is 11.3. The molecule has 0 aliphatic heterocycles. The van der Waals surface area contributed by atoms with E-state index in [1.54, 1.807) is 19.3 Å². The van der Waals surface area contributed by atoms with Crippen LogP contribution in [0, 0.1) is 23.0 Å². The van der Waals surface area contributed by atoms with Crippen molar-refractivity contribution in [1.29, 1.82) is 0 Å². The monoisotopic (exact) mass is 314 g/mol. The predicted octanol–water partition coefficient (Wildman–Crippen LogP) is 3.16. The van der Waals surface area contributed by atoms with Crippen molar-refractivity contribution < 1.29 is 4.92 Å². The number of aromatic nitrogens is 4. The average Bonchev–Trinajstić information content (AvgIpc) is 3.03. The van der Waals surface area contributed by atoms with E-state index in [-0.39, 0.29) is 17.5 Å². The molecular formula is C15H18N6O2. The van der Waals surface area contributed by atoms with Gasteiger partial charge in [0.05, 0.1) is 4.92 Å². The Morgan fingerprint density at radius 2 is 2.22 bits per heavy atom. The second-order valence-corrected chi connectivity index (χ2v) is 5.76. The number of aliphatic imine (C=N–C) groups is 1. The van der Waals surface area contributed by atoms with Crippen LogP contribution in [0.15, 0.2) is 23.7 Å². The number of aryl methyl sites for hydroxylation is 1. The minimum absolute atomic E-state index is 0.122. The van der Waals surface area contributed by atoms with E-state index < -0.39 is 4.92 Å². The van der Waals surface area contributed by atoms with Gasteiger partial charge in [0.15, 0.2) is 0 Å². The fraction of sp³-hybridized carbons (Fsp3) is 0.467. The molecule has 0 radical (unpaired) electrons. The number of hydrogen-bond donors (Lipinski definition) is 0. The predicted molar refractivity (Wildman–Crippen MR) is 85.3 cm³/mol. The summed E-state index contributed by atoms with van der Waals surface area (Å²) in [7, 11) is 0. The zero-order valence-electron chi connectivity index (χ0n) is 13.1. The third-order valence-electron chi connectivity index (χ3n) is 4.09. The summed E-state index contributed by atoms with van der Waals surface area (Å²) in [5.74, 6) is 0.878. The van der Waals surface area contributed by atoms with Crippen LogP contribution in [0.3, 0.4) is 0 Å². The van der Waals surface area contributed by atoms with Gasteiger partial charge in [-0.2, -0.15) is 4.98 Å². The summed E-state index contributed by atoms with van der Waals surface area (Å²) in [6, 6.07) is 0. The highest BCUT2D eigenvalue weighted by Crippen LogP contribution is 2.28. The van der Waals surface area contributed by atoms with Gasteiger partial charge in [-0.05, 0) is 32.1 Å². The van der Waals surface area contributed by atoms with Gasteiger partial charge in [-0.3, -0.25) is 14.7 Å². The lowest BCUT2D eigenvalue weighted by Gasteiger charge is -2.19. The molecule has 8 heteroatoms. The fourth-order valence-corrected chi connectivity index (χ4v) is 2.83. The van der Waals surface area contributed by atoms with Crippen molar-refractivity contribution in [1.82, 2.24) is 19.5 Å². The molecule has 23 heavy (non-hydrogen) atoms. The maximum absolute atomic E-state index is 11.3. The lowest BCUT2D eigenvalue weighted by molar-refractivity contribution is -0.385. The zero-order chi connectivity index (χ0) is 16.4. The standard InChI is InChI=1S/C15H18N6O2/c1-10-5-3-4-6-12(10)18-15-17-11(2)13(21(22)23)14(19-15)20-8-7-16-9-20/h7-10H,3-6H2,1-2H3. The topological polar surface area (TPSA) is 99.1 Å². The number of nitrogens with zero attached hydrogens (tertiary/aromatic N) is 6. The van der Waals surface area contributed by atoms with Crippen molar-refractivity contribution in [2.24, 2.45) is 10.9 Å². The summed E-state index contributed by atoms with van der Waals surface area (Å²) in [6.45, 7) is 3.75. The highest BCUT2D eigenvalue weighted by Gasteiger charge is 2.24. The molecule has 2 aromatic heterocycles. The minimum Gasteiger partial charge on any atom is -0.285 e. The summed E-state index contributed by atoms with van der Waals surface area (Å²) in [6.07, 6.45) is 9.02. The van der Waals surface area contributed by atoms with Gasteiger partial charge >= 0.3 is 5.69 Å². The number of hydrogen-bond acceptors (Lipinski definition) is 6. The second-order valence-electron chi connectivity index (χ2n) is 5.76. The van der Waals surface area contributed by atoms with Crippen LogP contribution in [0.1, 0.15) is 38.3 Å². The first-order valence-corrected chi connectivity index (χ1v) is 7.65. The Kier molecular flexibility index (Phi) is 4.14. The minimum atomic E-state index is -0.467. The Labute approximate surface area is 133 Å². The quantitative estimate of drug-likeness (QED) is 0.640. The molecule has 0 spiro atoms. The third-order valence-corrected chi connectivity index (χ3v) is 4.09. The van der Waals surface area contributed by atoms with Crippen LogP contribution in [0.2, 0.25) is 0 Å². The van der Waals surface area contributed by atoms with Crippen LogP contribution in [-0.4, -0.2) is 30.2 Å². The SMILES string of the molecule is Cc1nc(N=C2CCCCC2C)nc(-n2ccnc2)c1[N+](=O)[O-]. The first kappa shape index (κ1) is 15.3. The molecule has 0 bridgehead atoms. The molecule has 2 heterocycles. The van der Waals surface area contributed by atoms with E-state index in [0.717, 1.165) is 25.0 Å². The molecule has 0 aromatic carbocycles. The first-order chi connectivity index (χ1) is 11.1. The van der Waals surface area contributed by atoms with Crippen LogP contribution in [0.25, 0.3) is 5.82 Å².